The van der Waals surface area contributed by atoms with Gasteiger partial charge in [0.15, 0.2) is 0 Å². The molecule has 0 bridgehead atoms. The van der Waals surface area contributed by atoms with E-state index in [0.29, 0.717) is 30.1 Å². The number of fused-ring (bicyclic) bond motifs is 1. The fourth-order valence-corrected chi connectivity index (χ4v) is 3.60. The summed E-state index contributed by atoms with van der Waals surface area (Å²) in [6, 6.07) is 3.70. The Labute approximate surface area is 121 Å². The number of aliphatic hydroxyl groups excluding tert-OH is 1. The van der Waals surface area contributed by atoms with Gasteiger partial charge in [-0.05, 0) is 24.5 Å². The number of amides is 1. The molecule has 0 radical (unpaired) electrons. The van der Waals surface area contributed by atoms with Gasteiger partial charge in [0, 0.05) is 24.7 Å². The van der Waals surface area contributed by atoms with Crippen molar-refractivity contribution in [1.82, 2.24) is 9.88 Å². The molecule has 1 fully saturated rings. The molecule has 3 heterocycles. The molecule has 1 aliphatic heterocycles. The van der Waals surface area contributed by atoms with Gasteiger partial charge >= 0.3 is 0 Å². The summed E-state index contributed by atoms with van der Waals surface area (Å²) in [4.78, 5) is 20.0. The zero-order chi connectivity index (χ0) is 14.3. The highest BCUT2D eigenvalue weighted by atomic mass is 32.1. The number of piperidine rings is 1. The largest absolute Gasteiger partial charge is 0.397 e. The number of rotatable bonds is 1. The second-order valence-electron chi connectivity index (χ2n) is 5.29. The quantitative estimate of drug-likeness (QED) is 0.838. The summed E-state index contributed by atoms with van der Waals surface area (Å²) in [6.45, 7) is 3.10. The van der Waals surface area contributed by atoms with E-state index in [9.17, 15) is 9.90 Å². The average Bonchev–Trinajstić information content (AvgIpc) is 2.79. The Morgan fingerprint density at radius 3 is 3.10 bits per heavy atom. The molecular weight excluding hydrogens is 274 g/mol. The summed E-state index contributed by atoms with van der Waals surface area (Å²) in [5, 5.41) is 10.6. The van der Waals surface area contributed by atoms with Gasteiger partial charge in [-0.1, -0.05) is 6.92 Å². The molecule has 0 aliphatic carbocycles. The number of carbonyl (C=O) groups is 1. The number of nitrogens with two attached hydrogens (primary N) is 1. The van der Waals surface area contributed by atoms with E-state index in [4.69, 9.17) is 5.73 Å². The number of nitrogen functional groups attached to an aromatic ring is 1. The van der Waals surface area contributed by atoms with E-state index < -0.39 is 0 Å². The van der Waals surface area contributed by atoms with Gasteiger partial charge in [0.05, 0.1) is 11.8 Å². The minimum absolute atomic E-state index is 0.0516. The van der Waals surface area contributed by atoms with Crippen LogP contribution in [-0.2, 0) is 0 Å². The monoisotopic (exact) mass is 291 g/mol. The van der Waals surface area contributed by atoms with E-state index in [1.807, 2.05) is 19.1 Å². The molecule has 6 heteroatoms. The molecule has 5 nitrogen and oxygen atoms in total. The Morgan fingerprint density at radius 1 is 1.60 bits per heavy atom. The topological polar surface area (TPSA) is 79.5 Å². The van der Waals surface area contributed by atoms with Crippen molar-refractivity contribution in [2.75, 3.05) is 18.8 Å². The SMILES string of the molecule is CC1CN(C(=O)c2sc3ncccc3c2N)CCC1O. The molecule has 3 rings (SSSR count). The minimum atomic E-state index is -0.319. The second kappa shape index (κ2) is 5.03. The van der Waals surface area contributed by atoms with Crippen molar-refractivity contribution in [3.8, 4) is 0 Å². The van der Waals surface area contributed by atoms with Crippen molar-refractivity contribution >= 4 is 33.1 Å². The molecule has 1 amide bonds. The summed E-state index contributed by atoms with van der Waals surface area (Å²) in [5.41, 5.74) is 6.60. The molecule has 1 saturated heterocycles. The zero-order valence-corrected chi connectivity index (χ0v) is 12.1. The van der Waals surface area contributed by atoms with Gasteiger partial charge in [-0.25, -0.2) is 4.98 Å². The standard InChI is InChI=1S/C14H17N3O2S/c1-8-7-17(6-4-10(8)18)14(19)12-11(15)9-3-2-5-16-13(9)20-12/h2-3,5,8,10,18H,4,6-7,15H2,1H3. The molecule has 0 aromatic carbocycles. The number of aliphatic hydroxyl groups is 1. The molecule has 0 spiro atoms. The first-order chi connectivity index (χ1) is 9.58. The van der Waals surface area contributed by atoms with Crippen LogP contribution in [-0.4, -0.2) is 40.1 Å². The average molecular weight is 291 g/mol. The van der Waals surface area contributed by atoms with Gasteiger partial charge in [0.25, 0.3) is 5.91 Å². The Bertz CT molecular complexity index is 655. The fraction of sp³-hybridized carbons (Fsp3) is 0.429. The van der Waals surface area contributed by atoms with Crippen LogP contribution in [0.1, 0.15) is 23.0 Å². The summed E-state index contributed by atoms with van der Waals surface area (Å²) in [6.07, 6.45) is 2.00. The molecule has 2 aromatic rings. The number of anilines is 1. The first kappa shape index (κ1) is 13.3. The predicted molar refractivity (Wildman–Crippen MR) is 79.7 cm³/mol. The fourth-order valence-electron chi connectivity index (χ4n) is 2.57. The first-order valence-electron chi connectivity index (χ1n) is 6.68. The van der Waals surface area contributed by atoms with Crippen LogP contribution in [0.5, 0.6) is 0 Å². The zero-order valence-electron chi connectivity index (χ0n) is 11.2. The van der Waals surface area contributed by atoms with Crippen LogP contribution in [0.3, 0.4) is 0 Å². The third-order valence-electron chi connectivity index (χ3n) is 3.85. The van der Waals surface area contributed by atoms with Gasteiger partial charge in [0.2, 0.25) is 0 Å². The number of hydrogen-bond donors (Lipinski definition) is 2. The number of aromatic nitrogens is 1. The van der Waals surface area contributed by atoms with Crippen LogP contribution in [0.15, 0.2) is 18.3 Å². The highest BCUT2D eigenvalue weighted by molar-refractivity contribution is 7.21. The maximum absolute atomic E-state index is 12.6. The molecule has 0 saturated carbocycles. The van der Waals surface area contributed by atoms with Crippen molar-refractivity contribution in [3.05, 3.63) is 23.2 Å². The summed E-state index contributed by atoms with van der Waals surface area (Å²) in [5.74, 6) is 0.0469. The third kappa shape index (κ3) is 2.14. The number of hydrogen-bond acceptors (Lipinski definition) is 5. The van der Waals surface area contributed by atoms with Gasteiger partial charge in [0.1, 0.15) is 9.71 Å². The number of thiophene rings is 1. The lowest BCUT2D eigenvalue weighted by Crippen LogP contribution is -2.44. The van der Waals surface area contributed by atoms with Gasteiger partial charge in [-0.3, -0.25) is 4.79 Å². The summed E-state index contributed by atoms with van der Waals surface area (Å²) < 4.78 is 0. The summed E-state index contributed by atoms with van der Waals surface area (Å²) >= 11 is 1.34. The van der Waals surface area contributed by atoms with Crippen LogP contribution in [0, 0.1) is 5.92 Å². The van der Waals surface area contributed by atoms with Gasteiger partial charge < -0.3 is 15.7 Å². The molecule has 2 atom stereocenters. The molecule has 1 aliphatic rings. The van der Waals surface area contributed by atoms with E-state index >= 15 is 0 Å². The van der Waals surface area contributed by atoms with E-state index in [0.717, 1.165) is 10.2 Å². The first-order valence-corrected chi connectivity index (χ1v) is 7.50. The Hall–Kier alpha value is -1.66. The molecule has 2 aromatic heterocycles. The molecule has 3 N–H and O–H groups in total. The van der Waals surface area contributed by atoms with Crippen LogP contribution in [0.2, 0.25) is 0 Å². The highest BCUT2D eigenvalue weighted by Gasteiger charge is 2.29. The Kier molecular flexibility index (Phi) is 3.35. The van der Waals surface area contributed by atoms with E-state index in [-0.39, 0.29) is 17.9 Å². The molecular formula is C14H17N3O2S. The van der Waals surface area contributed by atoms with Gasteiger partial charge in [-0.2, -0.15) is 0 Å². The number of likely N-dealkylation sites (tertiary alicyclic amines) is 1. The van der Waals surface area contributed by atoms with Crippen molar-refractivity contribution in [3.63, 3.8) is 0 Å². The Morgan fingerprint density at radius 2 is 2.40 bits per heavy atom. The maximum Gasteiger partial charge on any atom is 0.266 e. The van der Waals surface area contributed by atoms with E-state index in [1.165, 1.54) is 11.3 Å². The second-order valence-corrected chi connectivity index (χ2v) is 6.28. The van der Waals surface area contributed by atoms with E-state index in [1.54, 1.807) is 11.1 Å². The number of carbonyl (C=O) groups excluding carboxylic acids is 1. The van der Waals surface area contributed by atoms with Gasteiger partial charge in [-0.15, -0.1) is 11.3 Å². The normalized spacial score (nSPS) is 23.2. The van der Waals surface area contributed by atoms with Crippen LogP contribution >= 0.6 is 11.3 Å². The molecule has 106 valence electrons. The Balaban J connectivity index is 1.91. The van der Waals surface area contributed by atoms with Crippen molar-refractivity contribution in [1.29, 1.82) is 0 Å². The van der Waals surface area contributed by atoms with E-state index in [2.05, 4.69) is 4.98 Å². The highest BCUT2D eigenvalue weighted by Crippen LogP contribution is 2.33. The lowest BCUT2D eigenvalue weighted by molar-refractivity contribution is 0.0301. The van der Waals surface area contributed by atoms with Crippen LogP contribution in [0.25, 0.3) is 10.2 Å². The smallest absolute Gasteiger partial charge is 0.266 e. The predicted octanol–water partition coefficient (Wildman–Crippen LogP) is 1.72. The minimum Gasteiger partial charge on any atom is -0.397 e. The lowest BCUT2D eigenvalue weighted by Gasteiger charge is -2.34. The molecule has 20 heavy (non-hydrogen) atoms. The van der Waals surface area contributed by atoms with Crippen molar-refractivity contribution in [2.45, 2.75) is 19.4 Å². The number of pyridine rings is 1. The lowest BCUT2D eigenvalue weighted by atomic mass is 9.96. The maximum atomic E-state index is 12.6. The van der Waals surface area contributed by atoms with Crippen molar-refractivity contribution < 1.29 is 9.90 Å². The van der Waals surface area contributed by atoms with Crippen LogP contribution in [0.4, 0.5) is 5.69 Å². The van der Waals surface area contributed by atoms with Crippen LogP contribution < -0.4 is 5.73 Å². The number of nitrogens with zero attached hydrogens (tertiary/aromatic N) is 2. The summed E-state index contributed by atoms with van der Waals surface area (Å²) in [7, 11) is 0. The third-order valence-corrected chi connectivity index (χ3v) is 4.96. The van der Waals surface area contributed by atoms with Crippen molar-refractivity contribution in [2.24, 2.45) is 5.92 Å². The molecule has 2 unspecified atom stereocenters.